The Morgan fingerprint density at radius 3 is 2.67 bits per heavy atom. The topological polar surface area (TPSA) is 101 Å². The van der Waals surface area contributed by atoms with E-state index in [2.05, 4.69) is 29.0 Å². The fourth-order valence-electron chi connectivity index (χ4n) is 1.99. The third-order valence-corrected chi connectivity index (χ3v) is 4.63. The van der Waals surface area contributed by atoms with Gasteiger partial charge in [-0.15, -0.1) is 0 Å². The summed E-state index contributed by atoms with van der Waals surface area (Å²) in [5, 5.41) is 6.38. The molecule has 0 atom stereocenters. The maximum Gasteiger partial charge on any atom is 0.263 e. The van der Waals surface area contributed by atoms with Gasteiger partial charge in [0, 0.05) is 18.2 Å². The normalized spacial score (nSPS) is 11.5. The van der Waals surface area contributed by atoms with E-state index >= 15 is 0 Å². The van der Waals surface area contributed by atoms with Crippen molar-refractivity contribution in [3.63, 3.8) is 0 Å². The van der Waals surface area contributed by atoms with Crippen molar-refractivity contribution in [2.45, 2.75) is 32.1 Å². The zero-order chi connectivity index (χ0) is 17.7. The van der Waals surface area contributed by atoms with Crippen LogP contribution in [0.4, 0.5) is 5.82 Å². The number of amides is 1. The molecule has 1 aromatic carbocycles. The number of anilines is 1. The first-order valence-electron chi connectivity index (χ1n) is 7.62. The van der Waals surface area contributed by atoms with Crippen LogP contribution >= 0.6 is 0 Å². The molecular formula is C16H21N3O4S. The van der Waals surface area contributed by atoms with Crippen molar-refractivity contribution in [3.05, 3.63) is 41.7 Å². The van der Waals surface area contributed by atoms with Gasteiger partial charge in [0.25, 0.3) is 15.9 Å². The average molecular weight is 351 g/mol. The SMILES string of the molecule is Cc1cc(NS(=O)(=O)c2cccc(C(=O)NCCC(C)C)c2)no1. The van der Waals surface area contributed by atoms with Gasteiger partial charge in [0.05, 0.1) is 4.90 Å². The minimum absolute atomic E-state index is 0.0142. The van der Waals surface area contributed by atoms with Gasteiger partial charge in [0.15, 0.2) is 5.82 Å². The molecule has 2 N–H and O–H groups in total. The van der Waals surface area contributed by atoms with Crippen molar-refractivity contribution in [1.82, 2.24) is 10.5 Å². The molecule has 0 saturated heterocycles. The summed E-state index contributed by atoms with van der Waals surface area (Å²) in [5.41, 5.74) is 0.290. The third-order valence-electron chi connectivity index (χ3n) is 3.28. The average Bonchev–Trinajstić information content (AvgIpc) is 2.91. The Morgan fingerprint density at radius 1 is 1.29 bits per heavy atom. The minimum Gasteiger partial charge on any atom is -0.360 e. The lowest BCUT2D eigenvalue weighted by molar-refractivity contribution is 0.0952. The molecular weight excluding hydrogens is 330 g/mol. The number of carbonyl (C=O) groups is 1. The van der Waals surface area contributed by atoms with Crippen LogP contribution in [-0.4, -0.2) is 26.0 Å². The smallest absolute Gasteiger partial charge is 0.263 e. The number of rotatable bonds is 7. The van der Waals surface area contributed by atoms with E-state index in [4.69, 9.17) is 4.52 Å². The van der Waals surface area contributed by atoms with Gasteiger partial charge in [0.2, 0.25) is 0 Å². The molecule has 1 heterocycles. The highest BCUT2D eigenvalue weighted by Crippen LogP contribution is 2.17. The molecule has 24 heavy (non-hydrogen) atoms. The fourth-order valence-corrected chi connectivity index (χ4v) is 3.02. The first kappa shape index (κ1) is 18.0. The van der Waals surface area contributed by atoms with Crippen LogP contribution in [0.2, 0.25) is 0 Å². The number of nitrogens with one attached hydrogen (secondary N) is 2. The second-order valence-electron chi connectivity index (χ2n) is 5.89. The Bertz CT molecular complexity index is 812. The summed E-state index contributed by atoms with van der Waals surface area (Å²) in [5.74, 6) is 0.766. The summed E-state index contributed by atoms with van der Waals surface area (Å²) in [6.45, 7) is 6.34. The van der Waals surface area contributed by atoms with Gasteiger partial charge >= 0.3 is 0 Å². The van der Waals surface area contributed by atoms with E-state index in [0.29, 0.717) is 18.2 Å². The van der Waals surface area contributed by atoms with E-state index in [0.717, 1.165) is 6.42 Å². The summed E-state index contributed by atoms with van der Waals surface area (Å²) in [6, 6.07) is 7.32. The van der Waals surface area contributed by atoms with Crippen LogP contribution < -0.4 is 10.0 Å². The van der Waals surface area contributed by atoms with E-state index in [1.54, 1.807) is 13.0 Å². The van der Waals surface area contributed by atoms with Gasteiger partial charge in [-0.25, -0.2) is 8.42 Å². The van der Waals surface area contributed by atoms with Crippen LogP contribution in [0, 0.1) is 12.8 Å². The predicted molar refractivity (Wildman–Crippen MR) is 90.3 cm³/mol. The van der Waals surface area contributed by atoms with Gasteiger partial charge in [-0.05, 0) is 37.5 Å². The van der Waals surface area contributed by atoms with Crippen molar-refractivity contribution in [1.29, 1.82) is 0 Å². The minimum atomic E-state index is -3.84. The lowest BCUT2D eigenvalue weighted by Crippen LogP contribution is -2.25. The van der Waals surface area contributed by atoms with Gasteiger partial charge in [0.1, 0.15) is 5.76 Å². The number of carbonyl (C=O) groups excluding carboxylic acids is 1. The molecule has 0 saturated carbocycles. The summed E-state index contributed by atoms with van der Waals surface area (Å²) < 4.78 is 31.9. The Labute approximate surface area is 141 Å². The van der Waals surface area contributed by atoms with Gasteiger partial charge < -0.3 is 9.84 Å². The molecule has 0 aliphatic carbocycles. The molecule has 0 spiro atoms. The summed E-state index contributed by atoms with van der Waals surface area (Å²) in [4.78, 5) is 12.1. The molecule has 2 aromatic rings. The fraction of sp³-hybridized carbons (Fsp3) is 0.375. The molecule has 0 aliphatic heterocycles. The second kappa shape index (κ2) is 7.48. The zero-order valence-corrected chi connectivity index (χ0v) is 14.7. The molecule has 130 valence electrons. The van der Waals surface area contributed by atoms with Gasteiger partial charge in [-0.1, -0.05) is 25.1 Å². The maximum atomic E-state index is 12.4. The second-order valence-corrected chi connectivity index (χ2v) is 7.58. The Morgan fingerprint density at radius 2 is 2.04 bits per heavy atom. The van der Waals surface area contributed by atoms with Crippen molar-refractivity contribution in [2.24, 2.45) is 5.92 Å². The van der Waals surface area contributed by atoms with Crippen LogP contribution in [0.5, 0.6) is 0 Å². The number of nitrogens with zero attached hydrogens (tertiary/aromatic N) is 1. The Balaban J connectivity index is 2.12. The zero-order valence-electron chi connectivity index (χ0n) is 13.9. The van der Waals surface area contributed by atoms with E-state index in [-0.39, 0.29) is 22.2 Å². The lowest BCUT2D eigenvalue weighted by Gasteiger charge is -2.09. The number of benzene rings is 1. The van der Waals surface area contributed by atoms with Crippen molar-refractivity contribution in [2.75, 3.05) is 11.3 Å². The first-order valence-corrected chi connectivity index (χ1v) is 9.10. The van der Waals surface area contributed by atoms with E-state index in [1.807, 2.05) is 0 Å². The van der Waals surface area contributed by atoms with Crippen LogP contribution in [-0.2, 0) is 10.0 Å². The summed E-state index contributed by atoms with van der Waals surface area (Å²) >= 11 is 0. The van der Waals surface area contributed by atoms with Gasteiger partial charge in [-0.2, -0.15) is 0 Å². The Kier molecular flexibility index (Phi) is 5.61. The van der Waals surface area contributed by atoms with Crippen LogP contribution in [0.3, 0.4) is 0 Å². The van der Waals surface area contributed by atoms with Crippen LogP contribution in [0.1, 0.15) is 36.4 Å². The summed E-state index contributed by atoms with van der Waals surface area (Å²) in [7, 11) is -3.84. The summed E-state index contributed by atoms with van der Waals surface area (Å²) in [6.07, 6.45) is 0.858. The Hall–Kier alpha value is -2.35. The van der Waals surface area contributed by atoms with E-state index < -0.39 is 10.0 Å². The molecule has 0 radical (unpaired) electrons. The standard InChI is InChI=1S/C16H21N3O4S/c1-11(2)7-8-17-16(20)13-5-4-6-14(10-13)24(21,22)19-15-9-12(3)23-18-15/h4-6,9-11H,7-8H2,1-3H3,(H,17,20)(H,18,19). The molecule has 1 aromatic heterocycles. The third kappa shape index (κ3) is 4.82. The highest BCUT2D eigenvalue weighted by Gasteiger charge is 2.18. The van der Waals surface area contributed by atoms with Crippen LogP contribution in [0.25, 0.3) is 0 Å². The largest absolute Gasteiger partial charge is 0.360 e. The molecule has 7 nitrogen and oxygen atoms in total. The van der Waals surface area contributed by atoms with Gasteiger partial charge in [-0.3, -0.25) is 9.52 Å². The van der Waals surface area contributed by atoms with Crippen molar-refractivity contribution >= 4 is 21.7 Å². The van der Waals surface area contributed by atoms with Crippen molar-refractivity contribution < 1.29 is 17.7 Å². The first-order chi connectivity index (χ1) is 11.3. The molecule has 0 fully saturated rings. The highest BCUT2D eigenvalue weighted by molar-refractivity contribution is 7.92. The molecule has 8 heteroatoms. The lowest BCUT2D eigenvalue weighted by atomic mass is 10.1. The molecule has 0 unspecified atom stereocenters. The monoisotopic (exact) mass is 351 g/mol. The highest BCUT2D eigenvalue weighted by atomic mass is 32.2. The molecule has 1 amide bonds. The number of hydrogen-bond acceptors (Lipinski definition) is 5. The number of aromatic nitrogens is 1. The predicted octanol–water partition coefficient (Wildman–Crippen LogP) is 2.56. The van der Waals surface area contributed by atoms with E-state index in [1.165, 1.54) is 24.3 Å². The number of aryl methyl sites for hydroxylation is 1. The molecule has 0 bridgehead atoms. The van der Waals surface area contributed by atoms with Crippen molar-refractivity contribution in [3.8, 4) is 0 Å². The molecule has 0 aliphatic rings. The quantitative estimate of drug-likeness (QED) is 0.798. The molecule has 2 rings (SSSR count). The maximum absolute atomic E-state index is 12.4. The number of sulfonamides is 1. The number of hydrogen-bond donors (Lipinski definition) is 2. The van der Waals surface area contributed by atoms with E-state index in [9.17, 15) is 13.2 Å². The van der Waals surface area contributed by atoms with Crippen LogP contribution in [0.15, 0.2) is 39.8 Å².